The fraction of sp³-hybridized carbons (Fsp3) is 0.188. The van der Waals surface area contributed by atoms with Crippen LogP contribution in [-0.2, 0) is 13.2 Å². The number of halogens is 2. The Morgan fingerprint density at radius 2 is 2.10 bits per heavy atom. The molecule has 21 heavy (non-hydrogen) atoms. The van der Waals surface area contributed by atoms with E-state index in [2.05, 4.69) is 21.2 Å². The van der Waals surface area contributed by atoms with Gasteiger partial charge in [-0.3, -0.25) is 0 Å². The van der Waals surface area contributed by atoms with Crippen molar-refractivity contribution in [3.8, 4) is 11.8 Å². The minimum Gasteiger partial charge on any atom is -0.488 e. The van der Waals surface area contributed by atoms with Gasteiger partial charge in [0.2, 0.25) is 0 Å². The van der Waals surface area contributed by atoms with E-state index in [0.717, 1.165) is 16.6 Å². The van der Waals surface area contributed by atoms with Gasteiger partial charge in [-0.25, -0.2) is 4.39 Å². The van der Waals surface area contributed by atoms with E-state index in [1.807, 2.05) is 31.3 Å². The lowest BCUT2D eigenvalue weighted by molar-refractivity contribution is 0.303. The third kappa shape index (κ3) is 4.03. The molecule has 0 spiro atoms. The highest BCUT2D eigenvalue weighted by Gasteiger charge is 2.07. The molecular weight excluding hydrogens is 335 g/mol. The van der Waals surface area contributed by atoms with Gasteiger partial charge in [-0.2, -0.15) is 5.26 Å². The molecule has 108 valence electrons. The number of hydrogen-bond donors (Lipinski definition) is 1. The second-order valence-corrected chi connectivity index (χ2v) is 5.35. The maximum atomic E-state index is 13.2. The quantitative estimate of drug-likeness (QED) is 0.894. The van der Waals surface area contributed by atoms with Gasteiger partial charge in [-0.1, -0.05) is 6.07 Å². The topological polar surface area (TPSA) is 45.0 Å². The molecule has 0 aliphatic carbocycles. The monoisotopic (exact) mass is 348 g/mol. The Hall–Kier alpha value is -1.90. The average Bonchev–Trinajstić information content (AvgIpc) is 2.47. The lowest BCUT2D eigenvalue weighted by Crippen LogP contribution is -2.05. The SMILES string of the molecule is CNCc1ccc(OCc2cc(F)ccc2C#N)c(Br)c1. The largest absolute Gasteiger partial charge is 0.488 e. The Bertz CT molecular complexity index is 682. The fourth-order valence-corrected chi connectivity index (χ4v) is 2.46. The maximum Gasteiger partial charge on any atom is 0.134 e. The molecule has 0 aliphatic rings. The van der Waals surface area contributed by atoms with Crippen molar-refractivity contribution >= 4 is 15.9 Å². The summed E-state index contributed by atoms with van der Waals surface area (Å²) in [5, 5.41) is 12.1. The van der Waals surface area contributed by atoms with Crippen molar-refractivity contribution in [2.24, 2.45) is 0 Å². The van der Waals surface area contributed by atoms with Crippen LogP contribution in [0.4, 0.5) is 4.39 Å². The average molecular weight is 349 g/mol. The second-order valence-electron chi connectivity index (χ2n) is 4.50. The number of nitrogens with zero attached hydrogens (tertiary/aromatic N) is 1. The molecular formula is C16H14BrFN2O. The third-order valence-electron chi connectivity index (χ3n) is 2.95. The maximum absolute atomic E-state index is 13.2. The lowest BCUT2D eigenvalue weighted by Gasteiger charge is -2.11. The second kappa shape index (κ2) is 7.21. The van der Waals surface area contributed by atoms with Crippen molar-refractivity contribution in [1.29, 1.82) is 5.26 Å². The van der Waals surface area contributed by atoms with Crippen LogP contribution in [-0.4, -0.2) is 7.05 Å². The molecule has 0 fully saturated rings. The number of nitrogens with one attached hydrogen (secondary N) is 1. The van der Waals surface area contributed by atoms with Gasteiger partial charge < -0.3 is 10.1 Å². The number of benzene rings is 2. The number of rotatable bonds is 5. The smallest absolute Gasteiger partial charge is 0.134 e. The predicted molar refractivity (Wildman–Crippen MR) is 82.4 cm³/mol. The summed E-state index contributed by atoms with van der Waals surface area (Å²) >= 11 is 3.45. The molecule has 0 saturated heterocycles. The summed E-state index contributed by atoms with van der Waals surface area (Å²) in [6.45, 7) is 0.909. The summed E-state index contributed by atoms with van der Waals surface area (Å²) in [6.07, 6.45) is 0. The first-order valence-electron chi connectivity index (χ1n) is 6.38. The van der Waals surface area contributed by atoms with Crippen molar-refractivity contribution in [1.82, 2.24) is 5.32 Å². The summed E-state index contributed by atoms with van der Waals surface area (Å²) in [4.78, 5) is 0. The fourth-order valence-electron chi connectivity index (χ4n) is 1.92. The van der Waals surface area contributed by atoms with Crippen molar-refractivity contribution in [2.75, 3.05) is 7.05 Å². The van der Waals surface area contributed by atoms with Crippen LogP contribution < -0.4 is 10.1 Å². The molecule has 0 heterocycles. The van der Waals surface area contributed by atoms with Crippen LogP contribution in [0.25, 0.3) is 0 Å². The normalized spacial score (nSPS) is 10.2. The zero-order valence-electron chi connectivity index (χ0n) is 11.5. The van der Waals surface area contributed by atoms with Gasteiger partial charge in [-0.05, 0) is 58.9 Å². The van der Waals surface area contributed by atoms with Gasteiger partial charge >= 0.3 is 0 Å². The van der Waals surface area contributed by atoms with E-state index in [0.29, 0.717) is 16.9 Å². The molecule has 0 unspecified atom stereocenters. The van der Waals surface area contributed by atoms with Crippen LogP contribution in [0.15, 0.2) is 40.9 Å². The van der Waals surface area contributed by atoms with Crippen molar-refractivity contribution in [2.45, 2.75) is 13.2 Å². The molecule has 2 aromatic rings. The van der Waals surface area contributed by atoms with E-state index in [9.17, 15) is 4.39 Å². The van der Waals surface area contributed by atoms with Crippen LogP contribution in [0.5, 0.6) is 5.75 Å². The lowest BCUT2D eigenvalue weighted by atomic mass is 10.1. The molecule has 0 aromatic heterocycles. The minimum atomic E-state index is -0.379. The summed E-state index contributed by atoms with van der Waals surface area (Å²) < 4.78 is 19.7. The van der Waals surface area contributed by atoms with Gasteiger partial charge in [0, 0.05) is 12.1 Å². The summed E-state index contributed by atoms with van der Waals surface area (Å²) in [5.41, 5.74) is 2.07. The van der Waals surface area contributed by atoms with E-state index >= 15 is 0 Å². The molecule has 0 radical (unpaired) electrons. The van der Waals surface area contributed by atoms with Crippen molar-refractivity contribution < 1.29 is 9.13 Å². The Labute approximate surface area is 131 Å². The number of hydrogen-bond acceptors (Lipinski definition) is 3. The van der Waals surface area contributed by atoms with Gasteiger partial charge in [0.05, 0.1) is 16.1 Å². The number of ether oxygens (including phenoxy) is 1. The van der Waals surface area contributed by atoms with Gasteiger partial charge in [-0.15, -0.1) is 0 Å². The van der Waals surface area contributed by atoms with Crippen molar-refractivity contribution in [3.63, 3.8) is 0 Å². The Kier molecular flexibility index (Phi) is 5.32. The Balaban J connectivity index is 2.13. The molecule has 0 bridgehead atoms. The summed E-state index contributed by atoms with van der Waals surface area (Å²) in [5.74, 6) is 0.277. The first-order chi connectivity index (χ1) is 10.1. The molecule has 2 rings (SSSR count). The zero-order valence-corrected chi connectivity index (χ0v) is 13.1. The van der Waals surface area contributed by atoms with Gasteiger partial charge in [0.25, 0.3) is 0 Å². The van der Waals surface area contributed by atoms with Crippen LogP contribution in [0.3, 0.4) is 0 Å². The first kappa shape index (κ1) is 15.5. The summed E-state index contributed by atoms with van der Waals surface area (Å²) in [7, 11) is 1.88. The molecule has 1 N–H and O–H groups in total. The van der Waals surface area contributed by atoms with Crippen LogP contribution in [0.1, 0.15) is 16.7 Å². The number of nitriles is 1. The highest BCUT2D eigenvalue weighted by Crippen LogP contribution is 2.27. The minimum absolute atomic E-state index is 0.143. The molecule has 2 aromatic carbocycles. The molecule has 0 amide bonds. The summed E-state index contributed by atoms with van der Waals surface area (Å²) in [6, 6.07) is 11.8. The molecule has 0 aliphatic heterocycles. The Morgan fingerprint density at radius 1 is 1.29 bits per heavy atom. The van der Waals surface area contributed by atoms with E-state index in [4.69, 9.17) is 10.00 Å². The van der Waals surface area contributed by atoms with Crippen LogP contribution >= 0.6 is 15.9 Å². The van der Waals surface area contributed by atoms with Gasteiger partial charge in [0.15, 0.2) is 0 Å². The van der Waals surface area contributed by atoms with E-state index in [1.165, 1.54) is 18.2 Å². The van der Waals surface area contributed by atoms with Gasteiger partial charge in [0.1, 0.15) is 18.2 Å². The Morgan fingerprint density at radius 3 is 2.76 bits per heavy atom. The highest BCUT2D eigenvalue weighted by atomic mass is 79.9. The van der Waals surface area contributed by atoms with Crippen LogP contribution in [0.2, 0.25) is 0 Å². The zero-order chi connectivity index (χ0) is 15.2. The molecule has 5 heteroatoms. The van der Waals surface area contributed by atoms with E-state index in [1.54, 1.807) is 0 Å². The van der Waals surface area contributed by atoms with E-state index < -0.39 is 0 Å². The molecule has 0 atom stereocenters. The highest BCUT2D eigenvalue weighted by molar-refractivity contribution is 9.10. The predicted octanol–water partition coefficient (Wildman–Crippen LogP) is 3.76. The van der Waals surface area contributed by atoms with Crippen LogP contribution in [0, 0.1) is 17.1 Å². The van der Waals surface area contributed by atoms with Crippen molar-refractivity contribution in [3.05, 3.63) is 63.4 Å². The van der Waals surface area contributed by atoms with E-state index in [-0.39, 0.29) is 12.4 Å². The first-order valence-corrected chi connectivity index (χ1v) is 7.17. The third-order valence-corrected chi connectivity index (χ3v) is 3.57. The standard InChI is InChI=1S/C16H14BrFN2O/c1-20-9-11-2-5-16(15(17)6-11)21-10-13-7-14(18)4-3-12(13)8-19/h2-7,20H,9-10H2,1H3. The molecule has 0 saturated carbocycles. The molecule has 3 nitrogen and oxygen atoms in total.